The van der Waals surface area contributed by atoms with E-state index in [1.165, 1.54) is 5.52 Å². The lowest BCUT2D eigenvalue weighted by molar-refractivity contribution is -0.120. The zero-order valence-corrected chi connectivity index (χ0v) is 13.1. The molecule has 0 spiro atoms. The van der Waals surface area contributed by atoms with Crippen LogP contribution >= 0.6 is 0 Å². The number of hydrogen-bond donors (Lipinski definition) is 2. The molecular formula is C17H25N3O. The van der Waals surface area contributed by atoms with E-state index >= 15 is 0 Å². The molecule has 3 N–H and O–H groups in total. The van der Waals surface area contributed by atoms with Crippen LogP contribution in [-0.4, -0.2) is 16.0 Å². The number of anilines is 1. The number of rotatable bonds is 6. The summed E-state index contributed by atoms with van der Waals surface area (Å²) < 4.78 is 2.23. The molecule has 1 amide bonds. The molecule has 1 aromatic heterocycles. The van der Waals surface area contributed by atoms with E-state index in [-0.39, 0.29) is 5.91 Å². The van der Waals surface area contributed by atoms with Gasteiger partial charge in [-0.1, -0.05) is 20.3 Å². The maximum Gasteiger partial charge on any atom is 0.244 e. The molecule has 0 aliphatic rings. The van der Waals surface area contributed by atoms with Gasteiger partial charge in [0.25, 0.3) is 0 Å². The molecule has 0 fully saturated rings. The maximum atomic E-state index is 12.2. The van der Waals surface area contributed by atoms with Crippen molar-refractivity contribution in [3.05, 3.63) is 30.5 Å². The van der Waals surface area contributed by atoms with Crippen molar-refractivity contribution in [2.75, 3.05) is 5.32 Å². The molecule has 2 aromatic rings. The van der Waals surface area contributed by atoms with Crippen molar-refractivity contribution in [3.8, 4) is 0 Å². The van der Waals surface area contributed by atoms with Crippen LogP contribution < -0.4 is 11.1 Å². The van der Waals surface area contributed by atoms with Crippen LogP contribution in [0.5, 0.6) is 0 Å². The molecule has 2 rings (SSSR count). The largest absolute Gasteiger partial charge is 0.347 e. The van der Waals surface area contributed by atoms with Crippen LogP contribution in [0.25, 0.3) is 10.9 Å². The fourth-order valence-corrected chi connectivity index (χ4v) is 2.62. The molecule has 0 saturated carbocycles. The number of aryl methyl sites for hydroxylation is 1. The summed E-state index contributed by atoms with van der Waals surface area (Å²) >= 11 is 0. The van der Waals surface area contributed by atoms with Gasteiger partial charge in [0.05, 0.1) is 5.54 Å². The van der Waals surface area contributed by atoms with Gasteiger partial charge in [-0.3, -0.25) is 4.79 Å². The van der Waals surface area contributed by atoms with Gasteiger partial charge in [0.15, 0.2) is 0 Å². The van der Waals surface area contributed by atoms with E-state index in [9.17, 15) is 4.79 Å². The molecule has 4 nitrogen and oxygen atoms in total. The Morgan fingerprint density at radius 2 is 2.05 bits per heavy atom. The Morgan fingerprint density at radius 3 is 2.71 bits per heavy atom. The fourth-order valence-electron chi connectivity index (χ4n) is 2.62. The van der Waals surface area contributed by atoms with Crippen molar-refractivity contribution < 1.29 is 4.79 Å². The van der Waals surface area contributed by atoms with E-state index in [0.717, 1.165) is 30.5 Å². The van der Waals surface area contributed by atoms with Crippen molar-refractivity contribution in [1.82, 2.24) is 4.57 Å². The number of carbonyl (C=O) groups is 1. The predicted octanol–water partition coefficient (Wildman–Crippen LogP) is 3.51. The SMILES string of the molecule is CCCn1ccc2cc(NC(=O)C(C)(N)CCC)ccc21. The minimum absolute atomic E-state index is 0.128. The van der Waals surface area contributed by atoms with Gasteiger partial charge in [-0.05, 0) is 44.0 Å². The Bertz CT molecular complexity index is 628. The lowest BCUT2D eigenvalue weighted by Gasteiger charge is -2.22. The maximum absolute atomic E-state index is 12.2. The van der Waals surface area contributed by atoms with Crippen LogP contribution in [0.4, 0.5) is 5.69 Å². The number of carbonyl (C=O) groups excluding carboxylic acids is 1. The summed E-state index contributed by atoms with van der Waals surface area (Å²) in [6.45, 7) is 6.98. The van der Waals surface area contributed by atoms with Crippen molar-refractivity contribution in [3.63, 3.8) is 0 Å². The third-order valence-corrected chi connectivity index (χ3v) is 3.78. The second-order valence-corrected chi connectivity index (χ2v) is 5.90. The van der Waals surface area contributed by atoms with Gasteiger partial charge in [-0.25, -0.2) is 0 Å². The van der Waals surface area contributed by atoms with Gasteiger partial charge >= 0.3 is 0 Å². The monoisotopic (exact) mass is 287 g/mol. The van der Waals surface area contributed by atoms with Crippen molar-refractivity contribution in [2.24, 2.45) is 5.73 Å². The van der Waals surface area contributed by atoms with Gasteiger partial charge in [-0.2, -0.15) is 0 Å². The highest BCUT2D eigenvalue weighted by molar-refractivity contribution is 5.99. The molecule has 1 heterocycles. The second-order valence-electron chi connectivity index (χ2n) is 5.90. The molecule has 1 unspecified atom stereocenters. The highest BCUT2D eigenvalue weighted by atomic mass is 16.2. The average molecular weight is 287 g/mol. The first-order valence-corrected chi connectivity index (χ1v) is 7.67. The van der Waals surface area contributed by atoms with E-state index in [1.54, 1.807) is 6.92 Å². The number of hydrogen-bond acceptors (Lipinski definition) is 2. The first-order chi connectivity index (χ1) is 9.97. The number of fused-ring (bicyclic) bond motifs is 1. The molecule has 1 atom stereocenters. The summed E-state index contributed by atoms with van der Waals surface area (Å²) in [4.78, 5) is 12.2. The number of nitrogens with two attached hydrogens (primary N) is 1. The van der Waals surface area contributed by atoms with Gasteiger partial charge in [-0.15, -0.1) is 0 Å². The molecule has 0 saturated heterocycles. The molecule has 114 valence electrons. The summed E-state index contributed by atoms with van der Waals surface area (Å²) in [5, 5.41) is 4.06. The average Bonchev–Trinajstić information content (AvgIpc) is 2.82. The van der Waals surface area contributed by atoms with Crippen LogP contribution in [0.15, 0.2) is 30.5 Å². The lowest BCUT2D eigenvalue weighted by Crippen LogP contribution is -2.48. The highest BCUT2D eigenvalue weighted by Gasteiger charge is 2.27. The molecule has 21 heavy (non-hydrogen) atoms. The molecule has 1 aromatic carbocycles. The first kappa shape index (κ1) is 15.6. The van der Waals surface area contributed by atoms with Gasteiger partial charge in [0.1, 0.15) is 0 Å². The first-order valence-electron chi connectivity index (χ1n) is 7.67. The van der Waals surface area contributed by atoms with Gasteiger partial charge in [0, 0.05) is 29.3 Å². The van der Waals surface area contributed by atoms with Crippen LogP contribution in [0.3, 0.4) is 0 Å². The van der Waals surface area contributed by atoms with E-state index in [4.69, 9.17) is 5.73 Å². The van der Waals surface area contributed by atoms with E-state index in [0.29, 0.717) is 6.42 Å². The molecule has 0 bridgehead atoms. The fraction of sp³-hybridized carbons (Fsp3) is 0.471. The Labute approximate surface area is 126 Å². The Balaban J connectivity index is 2.18. The normalized spacial score (nSPS) is 14.1. The van der Waals surface area contributed by atoms with Crippen molar-refractivity contribution >= 4 is 22.5 Å². The molecule has 0 aliphatic heterocycles. The smallest absolute Gasteiger partial charge is 0.244 e. The Kier molecular flexibility index (Phi) is 4.68. The number of amides is 1. The minimum atomic E-state index is -0.822. The zero-order valence-electron chi connectivity index (χ0n) is 13.1. The topological polar surface area (TPSA) is 60.0 Å². The number of nitrogens with one attached hydrogen (secondary N) is 1. The summed E-state index contributed by atoms with van der Waals surface area (Å²) in [5.41, 5.74) is 7.23. The second kappa shape index (κ2) is 6.31. The molecular weight excluding hydrogens is 262 g/mol. The minimum Gasteiger partial charge on any atom is -0.347 e. The van der Waals surface area contributed by atoms with Crippen LogP contribution in [0.2, 0.25) is 0 Å². The number of aromatic nitrogens is 1. The summed E-state index contributed by atoms with van der Waals surface area (Å²) in [6, 6.07) is 8.07. The quantitative estimate of drug-likeness (QED) is 0.854. The van der Waals surface area contributed by atoms with E-state index in [1.807, 2.05) is 25.1 Å². The van der Waals surface area contributed by atoms with Gasteiger partial charge in [0.2, 0.25) is 5.91 Å². The van der Waals surface area contributed by atoms with E-state index in [2.05, 4.69) is 29.1 Å². The predicted molar refractivity (Wildman–Crippen MR) is 88.4 cm³/mol. The number of nitrogens with zero attached hydrogens (tertiary/aromatic N) is 1. The standard InChI is InChI=1S/C17H25N3O/c1-4-9-17(3,18)16(21)19-14-6-7-15-13(12-14)8-11-20(15)10-5-2/h6-8,11-12H,4-5,9-10,18H2,1-3H3,(H,19,21). The zero-order chi connectivity index (χ0) is 15.5. The Hall–Kier alpha value is -1.81. The molecule has 0 radical (unpaired) electrons. The van der Waals surface area contributed by atoms with Crippen LogP contribution in [0.1, 0.15) is 40.0 Å². The van der Waals surface area contributed by atoms with E-state index < -0.39 is 5.54 Å². The third kappa shape index (κ3) is 3.45. The third-order valence-electron chi connectivity index (χ3n) is 3.78. The lowest BCUT2D eigenvalue weighted by atomic mass is 9.96. The number of benzene rings is 1. The Morgan fingerprint density at radius 1 is 1.29 bits per heavy atom. The highest BCUT2D eigenvalue weighted by Crippen LogP contribution is 2.22. The summed E-state index contributed by atoms with van der Waals surface area (Å²) in [5.74, 6) is -0.128. The summed E-state index contributed by atoms with van der Waals surface area (Å²) in [6.07, 6.45) is 4.75. The van der Waals surface area contributed by atoms with Gasteiger partial charge < -0.3 is 15.6 Å². The van der Waals surface area contributed by atoms with Crippen molar-refractivity contribution in [1.29, 1.82) is 0 Å². The van der Waals surface area contributed by atoms with Crippen molar-refractivity contribution in [2.45, 2.75) is 52.1 Å². The molecule has 4 heteroatoms. The van der Waals surface area contributed by atoms with Crippen LogP contribution in [0, 0.1) is 0 Å². The van der Waals surface area contributed by atoms with Crippen LogP contribution in [-0.2, 0) is 11.3 Å². The molecule has 0 aliphatic carbocycles. The summed E-state index contributed by atoms with van der Waals surface area (Å²) in [7, 11) is 0.